The Morgan fingerprint density at radius 1 is 0.895 bits per heavy atom. The van der Waals surface area contributed by atoms with Crippen molar-refractivity contribution in [3.63, 3.8) is 0 Å². The number of aryl methyl sites for hydroxylation is 2. The van der Waals surface area contributed by atoms with Crippen LogP contribution >= 0.6 is 0 Å². The number of nitrogens with zero attached hydrogens (tertiary/aromatic N) is 1. The van der Waals surface area contributed by atoms with Crippen LogP contribution in [0.15, 0.2) is 18.2 Å². The third-order valence-corrected chi connectivity index (χ3v) is 6.03. The molecule has 38 heavy (non-hydrogen) atoms. The number of benzene rings is 1. The van der Waals surface area contributed by atoms with Gasteiger partial charge in [-0.05, 0) is 72.8 Å². The van der Waals surface area contributed by atoms with Crippen LogP contribution in [-0.2, 0) is 14.3 Å². The molecular weight excluding hydrogens is 478 g/mol. The molecule has 0 saturated carbocycles. The number of rotatable bonds is 14. The van der Waals surface area contributed by atoms with Crippen LogP contribution in [0.3, 0.4) is 0 Å². The van der Waals surface area contributed by atoms with Crippen molar-refractivity contribution in [1.82, 2.24) is 15.5 Å². The minimum absolute atomic E-state index is 0.0799. The van der Waals surface area contributed by atoms with Crippen LogP contribution in [0.25, 0.3) is 0 Å². The van der Waals surface area contributed by atoms with Crippen molar-refractivity contribution in [2.24, 2.45) is 5.92 Å². The zero-order valence-electron chi connectivity index (χ0n) is 25.6. The van der Waals surface area contributed by atoms with E-state index in [0.29, 0.717) is 13.0 Å². The van der Waals surface area contributed by atoms with Crippen molar-refractivity contribution in [3.8, 4) is 0 Å². The molecule has 2 atom stereocenters. The summed E-state index contributed by atoms with van der Waals surface area (Å²) in [7, 11) is 0. The molecule has 0 aliphatic carbocycles. The highest BCUT2D eigenvalue weighted by Crippen LogP contribution is 2.27. The number of ether oxygens (including phenoxy) is 1. The average molecular weight is 532 g/mol. The molecule has 0 saturated heterocycles. The third kappa shape index (κ3) is 12.3. The van der Waals surface area contributed by atoms with Gasteiger partial charge in [-0.15, -0.1) is 0 Å². The van der Waals surface area contributed by atoms with E-state index < -0.39 is 23.8 Å². The Hall–Kier alpha value is -2.57. The first kappa shape index (κ1) is 33.5. The largest absolute Gasteiger partial charge is 0.444 e. The lowest BCUT2D eigenvalue weighted by Gasteiger charge is -2.35. The van der Waals surface area contributed by atoms with Crippen molar-refractivity contribution >= 4 is 17.9 Å². The number of unbranched alkanes of at least 4 members (excludes halogenated alkanes) is 4. The van der Waals surface area contributed by atoms with E-state index in [1.54, 1.807) is 25.7 Å². The molecule has 0 aliphatic heterocycles. The standard InChI is InChI=1S/C31H53N3O4/c1-11-12-13-14-15-16-34(29(36)26(17-21(2)3)33-30(37)38-31(8,9)10)27(28(35)32-22(4)5)25-19-23(6)18-24(7)20-25/h18-22,26-27H,11-17H2,1-10H3,(H,32,35)(H,33,37). The van der Waals surface area contributed by atoms with E-state index in [0.717, 1.165) is 48.8 Å². The Labute approximate surface area is 231 Å². The van der Waals surface area contributed by atoms with E-state index in [1.165, 1.54) is 0 Å². The molecule has 0 fully saturated rings. The lowest BCUT2D eigenvalue weighted by atomic mass is 9.96. The predicted octanol–water partition coefficient (Wildman–Crippen LogP) is 6.61. The van der Waals surface area contributed by atoms with Gasteiger partial charge in [-0.1, -0.05) is 75.8 Å². The van der Waals surface area contributed by atoms with Gasteiger partial charge in [0.2, 0.25) is 11.8 Å². The first-order valence-corrected chi connectivity index (χ1v) is 14.3. The highest BCUT2D eigenvalue weighted by molar-refractivity contribution is 5.92. The Morgan fingerprint density at radius 2 is 1.47 bits per heavy atom. The molecule has 216 valence electrons. The SMILES string of the molecule is CCCCCCCN(C(=O)C(CC(C)C)NC(=O)OC(C)(C)C)C(C(=O)NC(C)C)c1cc(C)cc(C)c1. The molecule has 0 spiro atoms. The van der Waals surface area contributed by atoms with Crippen LogP contribution in [0.1, 0.15) is 117 Å². The fourth-order valence-electron chi connectivity index (χ4n) is 4.60. The van der Waals surface area contributed by atoms with E-state index in [9.17, 15) is 14.4 Å². The molecule has 1 aromatic rings. The first-order valence-electron chi connectivity index (χ1n) is 14.3. The van der Waals surface area contributed by atoms with E-state index in [4.69, 9.17) is 4.74 Å². The lowest BCUT2D eigenvalue weighted by Crippen LogP contribution is -2.54. The van der Waals surface area contributed by atoms with Crippen molar-refractivity contribution < 1.29 is 19.1 Å². The molecule has 0 bridgehead atoms. The van der Waals surface area contributed by atoms with E-state index >= 15 is 0 Å². The first-order chi connectivity index (χ1) is 17.6. The van der Waals surface area contributed by atoms with Crippen LogP contribution in [0.4, 0.5) is 4.79 Å². The van der Waals surface area contributed by atoms with Crippen molar-refractivity contribution in [1.29, 1.82) is 0 Å². The summed E-state index contributed by atoms with van der Waals surface area (Å²) < 4.78 is 5.48. The van der Waals surface area contributed by atoms with E-state index in [2.05, 4.69) is 23.6 Å². The summed E-state index contributed by atoms with van der Waals surface area (Å²) in [6.45, 7) is 19.8. The highest BCUT2D eigenvalue weighted by Gasteiger charge is 2.36. The minimum atomic E-state index is -0.805. The number of amides is 3. The fraction of sp³-hybridized carbons (Fsp3) is 0.710. The molecule has 0 radical (unpaired) electrons. The summed E-state index contributed by atoms with van der Waals surface area (Å²) in [6, 6.07) is 4.33. The number of carbonyl (C=O) groups excluding carboxylic acids is 3. The van der Waals surface area contributed by atoms with Gasteiger partial charge in [-0.3, -0.25) is 9.59 Å². The van der Waals surface area contributed by atoms with Gasteiger partial charge < -0.3 is 20.3 Å². The summed E-state index contributed by atoms with van der Waals surface area (Å²) >= 11 is 0. The second-order valence-corrected chi connectivity index (χ2v) is 12.3. The Balaban J connectivity index is 3.52. The average Bonchev–Trinajstić information content (AvgIpc) is 2.74. The van der Waals surface area contributed by atoms with Gasteiger partial charge in [-0.25, -0.2) is 4.79 Å². The van der Waals surface area contributed by atoms with E-state index in [1.807, 2.05) is 53.7 Å². The van der Waals surface area contributed by atoms with Gasteiger partial charge in [-0.2, -0.15) is 0 Å². The number of hydrogen-bond donors (Lipinski definition) is 2. The zero-order valence-corrected chi connectivity index (χ0v) is 25.6. The molecule has 0 aromatic heterocycles. The molecule has 0 aliphatic rings. The van der Waals surface area contributed by atoms with Crippen LogP contribution in [0, 0.1) is 19.8 Å². The van der Waals surface area contributed by atoms with Gasteiger partial charge in [0.25, 0.3) is 0 Å². The summed E-state index contributed by atoms with van der Waals surface area (Å²) in [4.78, 5) is 42.4. The highest BCUT2D eigenvalue weighted by atomic mass is 16.6. The number of alkyl carbamates (subject to hydrolysis) is 1. The third-order valence-electron chi connectivity index (χ3n) is 6.03. The van der Waals surface area contributed by atoms with Gasteiger partial charge in [0.1, 0.15) is 17.7 Å². The molecule has 1 rings (SSSR count). The summed E-state index contributed by atoms with van der Waals surface area (Å²) in [5, 5.41) is 5.85. The maximum Gasteiger partial charge on any atom is 0.408 e. The topological polar surface area (TPSA) is 87.7 Å². The van der Waals surface area contributed by atoms with Gasteiger partial charge in [0.15, 0.2) is 0 Å². The van der Waals surface area contributed by atoms with Crippen LogP contribution in [0.2, 0.25) is 0 Å². The Morgan fingerprint density at radius 3 is 1.97 bits per heavy atom. The van der Waals surface area contributed by atoms with Crippen LogP contribution in [-0.4, -0.2) is 47.0 Å². The second kappa shape index (κ2) is 15.7. The van der Waals surface area contributed by atoms with Crippen LogP contribution in [0.5, 0.6) is 0 Å². The Bertz CT molecular complexity index is 885. The molecule has 2 unspecified atom stereocenters. The summed E-state index contributed by atoms with van der Waals surface area (Å²) in [6.07, 6.45) is 4.90. The maximum absolute atomic E-state index is 14.3. The predicted molar refractivity (Wildman–Crippen MR) is 155 cm³/mol. The van der Waals surface area contributed by atoms with Gasteiger partial charge in [0, 0.05) is 12.6 Å². The summed E-state index contributed by atoms with van der Waals surface area (Å²) in [5.41, 5.74) is 2.16. The van der Waals surface area contributed by atoms with Crippen molar-refractivity contribution in [3.05, 3.63) is 34.9 Å². The number of carbonyl (C=O) groups is 3. The summed E-state index contributed by atoms with van der Waals surface area (Å²) in [5.74, 6) is -0.329. The monoisotopic (exact) mass is 531 g/mol. The second-order valence-electron chi connectivity index (χ2n) is 12.3. The molecule has 0 heterocycles. The van der Waals surface area contributed by atoms with E-state index in [-0.39, 0.29) is 23.8 Å². The molecule has 2 N–H and O–H groups in total. The number of nitrogens with one attached hydrogen (secondary N) is 2. The minimum Gasteiger partial charge on any atom is -0.444 e. The Kier molecular flexibility index (Phi) is 13.9. The molecule has 7 heteroatoms. The smallest absolute Gasteiger partial charge is 0.408 e. The quantitative estimate of drug-likeness (QED) is 0.265. The normalized spacial score (nSPS) is 13.3. The molecule has 3 amide bonds. The fourth-order valence-corrected chi connectivity index (χ4v) is 4.60. The van der Waals surface area contributed by atoms with Gasteiger partial charge >= 0.3 is 6.09 Å². The van der Waals surface area contributed by atoms with Gasteiger partial charge in [0.05, 0.1) is 0 Å². The maximum atomic E-state index is 14.3. The number of hydrogen-bond acceptors (Lipinski definition) is 4. The molecular formula is C31H53N3O4. The molecule has 1 aromatic carbocycles. The van der Waals surface area contributed by atoms with Crippen LogP contribution < -0.4 is 10.6 Å². The zero-order chi connectivity index (χ0) is 29.0. The van der Waals surface area contributed by atoms with Crippen molar-refractivity contribution in [2.75, 3.05) is 6.54 Å². The molecule has 7 nitrogen and oxygen atoms in total. The van der Waals surface area contributed by atoms with Crippen molar-refractivity contribution in [2.45, 2.75) is 131 Å². The lowest BCUT2D eigenvalue weighted by molar-refractivity contribution is -0.143.